The van der Waals surface area contributed by atoms with E-state index < -0.39 is 6.03 Å². The summed E-state index contributed by atoms with van der Waals surface area (Å²) in [5.74, 6) is 0.317. The molecule has 34 heavy (non-hydrogen) atoms. The highest BCUT2D eigenvalue weighted by atomic mass is 16.6. The minimum Gasteiger partial charge on any atom is -0.490 e. The molecule has 182 valence electrons. The number of amides is 3. The molecule has 11 nitrogen and oxygen atoms in total. The summed E-state index contributed by atoms with van der Waals surface area (Å²) < 4.78 is 21.8. The lowest BCUT2D eigenvalue weighted by molar-refractivity contribution is -0.151. The number of urea groups is 1. The predicted molar refractivity (Wildman–Crippen MR) is 121 cm³/mol. The number of likely N-dealkylation sites (N-methyl/N-ethyl adjacent to an activating group) is 1. The average molecular weight is 472 g/mol. The van der Waals surface area contributed by atoms with Gasteiger partial charge in [-0.25, -0.2) is 4.79 Å². The molecule has 4 rings (SSSR count). The number of aromatic nitrogens is 1. The fourth-order valence-electron chi connectivity index (χ4n) is 4.31. The molecule has 0 unspecified atom stereocenters. The van der Waals surface area contributed by atoms with Crippen LogP contribution < -0.4 is 15.4 Å². The van der Waals surface area contributed by atoms with E-state index in [1.807, 2.05) is 0 Å². The van der Waals surface area contributed by atoms with Crippen LogP contribution in [0.3, 0.4) is 0 Å². The topological polar surface area (TPSA) is 132 Å². The van der Waals surface area contributed by atoms with E-state index in [0.717, 1.165) is 0 Å². The average Bonchev–Trinajstić information content (AvgIpc) is 3.13. The van der Waals surface area contributed by atoms with Crippen molar-refractivity contribution in [2.45, 2.75) is 51.4 Å². The van der Waals surface area contributed by atoms with Gasteiger partial charge in [-0.3, -0.25) is 9.59 Å². The van der Waals surface area contributed by atoms with Crippen molar-refractivity contribution in [3.8, 4) is 5.75 Å². The van der Waals surface area contributed by atoms with Crippen molar-refractivity contribution in [2.75, 3.05) is 31.4 Å². The van der Waals surface area contributed by atoms with Gasteiger partial charge in [-0.15, -0.1) is 0 Å². The lowest BCUT2D eigenvalue weighted by Gasteiger charge is -2.42. The number of methoxy groups -OCH3 is 1. The smallest absolute Gasteiger partial charge is 0.323 e. The van der Waals surface area contributed by atoms with Crippen LogP contribution in [0.25, 0.3) is 0 Å². The van der Waals surface area contributed by atoms with Crippen molar-refractivity contribution in [2.24, 2.45) is 0 Å². The molecule has 0 spiro atoms. The van der Waals surface area contributed by atoms with Crippen molar-refractivity contribution >= 4 is 29.3 Å². The zero-order valence-electron chi connectivity index (χ0n) is 19.5. The first-order valence-electron chi connectivity index (χ1n) is 11.0. The molecule has 1 fully saturated rings. The van der Waals surface area contributed by atoms with Gasteiger partial charge >= 0.3 is 12.0 Å². The van der Waals surface area contributed by atoms with E-state index in [-0.39, 0.29) is 43.2 Å². The normalized spacial score (nSPS) is 21.9. The Labute approximate surface area is 196 Å². The Morgan fingerprint density at radius 3 is 2.74 bits per heavy atom. The van der Waals surface area contributed by atoms with Crippen LogP contribution in [0.1, 0.15) is 41.1 Å². The Kier molecular flexibility index (Phi) is 6.73. The molecule has 0 bridgehead atoms. The molecular weight excluding hydrogens is 444 g/mol. The fraction of sp³-hybridized carbons (Fsp3) is 0.478. The summed E-state index contributed by atoms with van der Waals surface area (Å²) in [6, 6.07) is 4.19. The fourth-order valence-corrected chi connectivity index (χ4v) is 4.31. The standard InChI is InChI=1S/C23H28N4O7/c1-12-21(13(2)34-26-12)25-23(30)24-14-5-8-18-16(9-14)22(29)27(3)17-7-6-15(10-20(28)31-4)33-19(17)11-32-18/h5,8-9,15,17,19H,6-7,10-11H2,1-4H3,(H2,24,25,30)/t15-,17+,19+/m0/s1. The number of hydrogen-bond acceptors (Lipinski definition) is 8. The first kappa shape index (κ1) is 23.6. The van der Waals surface area contributed by atoms with Gasteiger partial charge in [-0.1, -0.05) is 5.16 Å². The highest BCUT2D eigenvalue weighted by Gasteiger charge is 2.39. The van der Waals surface area contributed by atoms with Gasteiger partial charge in [0.2, 0.25) is 0 Å². The van der Waals surface area contributed by atoms with Crippen LogP contribution in [0.4, 0.5) is 16.2 Å². The van der Waals surface area contributed by atoms with Crippen LogP contribution in [-0.2, 0) is 14.3 Å². The molecule has 0 aliphatic carbocycles. The Morgan fingerprint density at radius 1 is 1.24 bits per heavy atom. The highest BCUT2D eigenvalue weighted by Crippen LogP contribution is 2.32. The number of ether oxygens (including phenoxy) is 3. The van der Waals surface area contributed by atoms with E-state index in [0.29, 0.717) is 47.0 Å². The molecule has 1 saturated heterocycles. The summed E-state index contributed by atoms with van der Waals surface area (Å²) in [7, 11) is 3.07. The Hall–Kier alpha value is -3.60. The van der Waals surface area contributed by atoms with E-state index in [4.69, 9.17) is 18.7 Å². The van der Waals surface area contributed by atoms with Crippen LogP contribution in [0.5, 0.6) is 5.75 Å². The molecule has 1 aromatic carbocycles. The number of carbonyl (C=O) groups is 3. The van der Waals surface area contributed by atoms with Gasteiger partial charge in [0.25, 0.3) is 5.91 Å². The lowest BCUT2D eigenvalue weighted by Crippen LogP contribution is -2.53. The second-order valence-electron chi connectivity index (χ2n) is 8.44. The molecule has 2 aromatic rings. The molecule has 2 aliphatic heterocycles. The van der Waals surface area contributed by atoms with Crippen LogP contribution in [0.15, 0.2) is 22.7 Å². The number of nitrogens with zero attached hydrogens (tertiary/aromatic N) is 2. The third kappa shape index (κ3) is 4.84. The first-order chi connectivity index (χ1) is 16.3. The quantitative estimate of drug-likeness (QED) is 0.649. The predicted octanol–water partition coefficient (Wildman–Crippen LogP) is 2.88. The van der Waals surface area contributed by atoms with Crippen LogP contribution in [-0.4, -0.2) is 67.0 Å². The van der Waals surface area contributed by atoms with Gasteiger partial charge in [0.1, 0.15) is 29.8 Å². The number of benzene rings is 1. The van der Waals surface area contributed by atoms with Crippen LogP contribution in [0.2, 0.25) is 0 Å². The number of rotatable bonds is 4. The SMILES string of the molecule is COC(=O)C[C@@H]1CC[C@@H]2[C@@H](COc3ccc(NC(=O)Nc4c(C)noc4C)cc3C(=O)N2C)O1. The molecule has 0 saturated carbocycles. The van der Waals surface area contributed by atoms with Crippen LogP contribution >= 0.6 is 0 Å². The highest BCUT2D eigenvalue weighted by molar-refractivity contribution is 6.03. The van der Waals surface area contributed by atoms with E-state index in [2.05, 4.69) is 15.8 Å². The number of carbonyl (C=O) groups excluding carboxylic acids is 3. The lowest BCUT2D eigenvalue weighted by atomic mass is 9.94. The van der Waals surface area contributed by atoms with Gasteiger partial charge in [-0.05, 0) is 44.9 Å². The van der Waals surface area contributed by atoms with E-state index in [1.165, 1.54) is 7.11 Å². The van der Waals surface area contributed by atoms with E-state index >= 15 is 0 Å². The minimum atomic E-state index is -0.487. The molecule has 0 radical (unpaired) electrons. The zero-order chi connectivity index (χ0) is 24.4. The van der Waals surface area contributed by atoms with E-state index in [9.17, 15) is 14.4 Å². The molecule has 1 aromatic heterocycles. The third-order valence-electron chi connectivity index (χ3n) is 6.16. The van der Waals surface area contributed by atoms with Crippen molar-refractivity contribution in [1.82, 2.24) is 10.1 Å². The number of nitrogens with one attached hydrogen (secondary N) is 2. The van der Waals surface area contributed by atoms with Gasteiger partial charge in [0.15, 0.2) is 5.76 Å². The number of hydrogen-bond donors (Lipinski definition) is 2. The molecule has 11 heteroatoms. The first-order valence-corrected chi connectivity index (χ1v) is 11.0. The molecular formula is C23H28N4O7. The number of anilines is 2. The number of esters is 1. The number of fused-ring (bicyclic) bond motifs is 2. The molecule has 3 heterocycles. The van der Waals surface area contributed by atoms with Crippen molar-refractivity contribution < 1.29 is 33.1 Å². The Bertz CT molecular complexity index is 1080. The molecule has 3 atom stereocenters. The zero-order valence-corrected chi connectivity index (χ0v) is 19.5. The largest absolute Gasteiger partial charge is 0.490 e. The van der Waals surface area contributed by atoms with Gasteiger partial charge in [0.05, 0.1) is 31.2 Å². The summed E-state index contributed by atoms with van der Waals surface area (Å²) in [6.07, 6.45) is 0.820. The maximum atomic E-state index is 13.3. The summed E-state index contributed by atoms with van der Waals surface area (Å²) in [5, 5.41) is 9.24. The Balaban J connectivity index is 1.48. The van der Waals surface area contributed by atoms with Gasteiger partial charge in [0, 0.05) is 12.7 Å². The summed E-state index contributed by atoms with van der Waals surface area (Å²) >= 11 is 0. The molecule has 2 aliphatic rings. The Morgan fingerprint density at radius 2 is 2.03 bits per heavy atom. The van der Waals surface area contributed by atoms with Crippen molar-refractivity contribution in [3.63, 3.8) is 0 Å². The molecule has 3 amide bonds. The van der Waals surface area contributed by atoms with Gasteiger partial charge in [-0.2, -0.15) is 0 Å². The maximum absolute atomic E-state index is 13.3. The monoisotopic (exact) mass is 472 g/mol. The summed E-state index contributed by atoms with van der Waals surface area (Å²) in [4.78, 5) is 39.1. The molecule has 2 N–H and O–H groups in total. The summed E-state index contributed by atoms with van der Waals surface area (Å²) in [5.41, 5.74) is 1.84. The van der Waals surface area contributed by atoms with Crippen molar-refractivity contribution in [1.29, 1.82) is 0 Å². The second-order valence-corrected chi connectivity index (χ2v) is 8.44. The van der Waals surface area contributed by atoms with Crippen molar-refractivity contribution in [3.05, 3.63) is 35.2 Å². The number of aryl methyl sites for hydroxylation is 2. The second kappa shape index (κ2) is 9.72. The van der Waals surface area contributed by atoms with Crippen LogP contribution in [0, 0.1) is 13.8 Å². The summed E-state index contributed by atoms with van der Waals surface area (Å²) in [6.45, 7) is 3.65. The van der Waals surface area contributed by atoms with E-state index in [1.54, 1.807) is 44.0 Å². The van der Waals surface area contributed by atoms with Gasteiger partial charge < -0.3 is 34.3 Å². The maximum Gasteiger partial charge on any atom is 0.323 e. The minimum absolute atomic E-state index is 0.166. The third-order valence-corrected chi connectivity index (χ3v) is 6.16.